The smallest absolute Gasteiger partial charge is 0.416 e. The lowest BCUT2D eigenvalue weighted by atomic mass is 10.0. The van der Waals surface area contributed by atoms with Crippen LogP contribution >= 0.6 is 0 Å². The van der Waals surface area contributed by atoms with Crippen molar-refractivity contribution in [1.82, 2.24) is 10.6 Å². The van der Waals surface area contributed by atoms with E-state index < -0.39 is 47.8 Å². The van der Waals surface area contributed by atoms with Crippen molar-refractivity contribution < 1.29 is 42.9 Å². The number of aliphatic carboxylic acids is 3. The zero-order valence-electron chi connectivity index (χ0n) is 28.4. The molecule has 0 bridgehead atoms. The predicted molar refractivity (Wildman–Crippen MR) is 193 cm³/mol. The number of aryl methyl sites for hydroxylation is 1. The van der Waals surface area contributed by atoms with Gasteiger partial charge in [-0.1, -0.05) is 97.1 Å². The van der Waals surface area contributed by atoms with E-state index in [0.717, 1.165) is 46.5 Å². The molecule has 12 heteroatoms. The molecule has 0 aliphatic heterocycles. The van der Waals surface area contributed by atoms with Crippen LogP contribution in [0.2, 0.25) is 0 Å². The Bertz CT molecular complexity index is 1780. The minimum absolute atomic E-state index is 0.113. The third-order valence-electron chi connectivity index (χ3n) is 8.41. The lowest BCUT2D eigenvalue weighted by Gasteiger charge is -2.16. The number of carbonyl (C=O) groups is 3. The first kappa shape index (κ1) is 39.3. The Morgan fingerprint density at radius 2 is 1.19 bits per heavy atom. The van der Waals surface area contributed by atoms with Crippen molar-refractivity contribution in [3.8, 4) is 0 Å². The van der Waals surface area contributed by atoms with E-state index in [-0.39, 0.29) is 24.9 Å². The molecule has 0 fully saturated rings. The molecule has 9 nitrogen and oxygen atoms in total. The molecule has 0 saturated carbocycles. The molecule has 0 radical (unpaired) electrons. The Hall–Kier alpha value is -5.46. The number of rotatable bonds is 20. The van der Waals surface area contributed by atoms with Gasteiger partial charge in [0.2, 0.25) is 0 Å². The van der Waals surface area contributed by atoms with E-state index in [1.165, 1.54) is 12.1 Å². The SMILES string of the molecule is O=C(O)C(Cc1cccc(C(F)(F)F)c1)NC/C=C/c1ccc(CC(NCCCc2ccc(CC(Nc3ccccc3)C(=O)O)cc2)C(=O)O)cc1. The summed E-state index contributed by atoms with van der Waals surface area (Å²) < 4.78 is 39.1. The van der Waals surface area contributed by atoms with Crippen molar-refractivity contribution in [2.24, 2.45) is 0 Å². The molecule has 4 rings (SSSR count). The van der Waals surface area contributed by atoms with E-state index in [1.54, 1.807) is 12.2 Å². The summed E-state index contributed by atoms with van der Waals surface area (Å²) in [5.41, 5.74) is 3.75. The van der Waals surface area contributed by atoms with E-state index >= 15 is 0 Å². The summed E-state index contributed by atoms with van der Waals surface area (Å²) in [7, 11) is 0. The van der Waals surface area contributed by atoms with Crippen LogP contribution in [0.3, 0.4) is 0 Å². The highest BCUT2D eigenvalue weighted by atomic mass is 19.4. The van der Waals surface area contributed by atoms with Crippen LogP contribution < -0.4 is 16.0 Å². The van der Waals surface area contributed by atoms with Gasteiger partial charge in [-0.05, 0) is 78.2 Å². The molecule has 4 aromatic rings. The van der Waals surface area contributed by atoms with Crippen LogP contribution in [-0.2, 0) is 46.2 Å². The predicted octanol–water partition coefficient (Wildman–Crippen LogP) is 6.33. The molecule has 3 unspecified atom stereocenters. The molecule has 0 saturated heterocycles. The van der Waals surface area contributed by atoms with Crippen molar-refractivity contribution >= 4 is 29.7 Å². The molecule has 3 atom stereocenters. The van der Waals surface area contributed by atoms with Crippen LogP contribution in [0.1, 0.15) is 39.8 Å². The number of hydrogen-bond acceptors (Lipinski definition) is 6. The second-order valence-corrected chi connectivity index (χ2v) is 12.4. The number of anilines is 1. The molecule has 274 valence electrons. The highest BCUT2D eigenvalue weighted by Gasteiger charge is 2.30. The summed E-state index contributed by atoms with van der Waals surface area (Å²) in [4.78, 5) is 35.4. The largest absolute Gasteiger partial charge is 0.480 e. The van der Waals surface area contributed by atoms with E-state index in [4.69, 9.17) is 0 Å². The summed E-state index contributed by atoms with van der Waals surface area (Å²) >= 11 is 0. The molecule has 6 N–H and O–H groups in total. The maximum atomic E-state index is 13.0. The first-order valence-corrected chi connectivity index (χ1v) is 16.8. The van der Waals surface area contributed by atoms with Crippen LogP contribution in [0, 0.1) is 0 Å². The molecule has 0 aromatic heterocycles. The second-order valence-electron chi connectivity index (χ2n) is 12.4. The fourth-order valence-electron chi connectivity index (χ4n) is 5.59. The van der Waals surface area contributed by atoms with Gasteiger partial charge in [0.25, 0.3) is 0 Å². The fraction of sp³-hybridized carbons (Fsp3) is 0.275. The molecule has 0 aliphatic rings. The van der Waals surface area contributed by atoms with Gasteiger partial charge in [-0.15, -0.1) is 0 Å². The van der Waals surface area contributed by atoms with Crippen molar-refractivity contribution in [2.45, 2.75) is 56.4 Å². The third kappa shape index (κ3) is 13.0. The van der Waals surface area contributed by atoms with Crippen LogP contribution in [0.5, 0.6) is 0 Å². The fourth-order valence-corrected chi connectivity index (χ4v) is 5.59. The zero-order chi connectivity index (χ0) is 37.5. The normalized spacial score (nSPS) is 13.4. The quantitative estimate of drug-likeness (QED) is 0.0578. The molecule has 0 spiro atoms. The van der Waals surface area contributed by atoms with Gasteiger partial charge in [0.1, 0.15) is 18.1 Å². The summed E-state index contributed by atoms with van der Waals surface area (Å²) in [5.74, 6) is -3.07. The first-order valence-electron chi connectivity index (χ1n) is 16.8. The summed E-state index contributed by atoms with van der Waals surface area (Å²) in [6.07, 6.45) is 0.874. The Morgan fingerprint density at radius 1 is 0.635 bits per heavy atom. The standard InChI is InChI=1S/C40H42F3N3O6/c41-40(42,43)32-10-4-7-31(23-32)26-35(38(49)50)45-22-6-9-27-13-17-29(18-14-27)24-34(37(47)48)44-21-5-8-28-15-19-30(20-16-28)25-36(39(51)52)46-33-11-2-1-3-12-33/h1-4,6-7,9-20,23,34-36,44-46H,5,8,21-22,24-26H2,(H,47,48)(H,49,50)(H,51,52)/b9-6+. The number of halogens is 3. The Morgan fingerprint density at radius 3 is 1.81 bits per heavy atom. The van der Waals surface area contributed by atoms with Crippen LogP contribution in [0.25, 0.3) is 6.08 Å². The van der Waals surface area contributed by atoms with Gasteiger partial charge in [0, 0.05) is 18.7 Å². The van der Waals surface area contributed by atoms with Gasteiger partial charge in [0.05, 0.1) is 5.56 Å². The van der Waals surface area contributed by atoms with Crippen LogP contribution in [0.4, 0.5) is 18.9 Å². The number of carboxylic acids is 3. The molecule has 0 amide bonds. The molecule has 52 heavy (non-hydrogen) atoms. The zero-order valence-corrected chi connectivity index (χ0v) is 28.4. The van der Waals surface area contributed by atoms with Crippen LogP contribution in [-0.4, -0.2) is 64.4 Å². The van der Waals surface area contributed by atoms with Gasteiger partial charge in [-0.25, -0.2) is 4.79 Å². The summed E-state index contributed by atoms with van der Waals surface area (Å²) in [6, 6.07) is 26.2. The summed E-state index contributed by atoms with van der Waals surface area (Å²) in [5, 5.41) is 38.0. The lowest BCUT2D eigenvalue weighted by molar-refractivity contribution is -0.140. The first-order chi connectivity index (χ1) is 24.9. The average Bonchev–Trinajstić information content (AvgIpc) is 3.11. The number of alkyl halides is 3. The second kappa shape index (κ2) is 19.2. The van der Waals surface area contributed by atoms with Gasteiger partial charge < -0.3 is 31.3 Å². The van der Waals surface area contributed by atoms with E-state index in [9.17, 15) is 42.9 Å². The summed E-state index contributed by atoms with van der Waals surface area (Å²) in [6.45, 7) is 0.657. The number of para-hydroxylation sites is 1. The highest BCUT2D eigenvalue weighted by Crippen LogP contribution is 2.29. The highest BCUT2D eigenvalue weighted by molar-refractivity contribution is 5.78. The molecule has 0 aliphatic carbocycles. The Kier molecular flexibility index (Phi) is 14.5. The molecule has 4 aromatic carbocycles. The lowest BCUT2D eigenvalue weighted by Crippen LogP contribution is -2.39. The number of hydrogen-bond donors (Lipinski definition) is 6. The molecular formula is C40H42F3N3O6. The number of carboxylic acid groups (broad SMARTS) is 3. The van der Waals surface area contributed by atoms with E-state index in [2.05, 4.69) is 16.0 Å². The third-order valence-corrected chi connectivity index (χ3v) is 8.41. The number of nitrogens with one attached hydrogen (secondary N) is 3. The van der Waals surface area contributed by atoms with E-state index in [0.29, 0.717) is 19.4 Å². The topological polar surface area (TPSA) is 148 Å². The molecular weight excluding hydrogens is 675 g/mol. The minimum atomic E-state index is -4.51. The van der Waals surface area contributed by atoms with Gasteiger partial charge in [-0.2, -0.15) is 13.2 Å². The van der Waals surface area contributed by atoms with Gasteiger partial charge >= 0.3 is 24.1 Å². The Balaban J connectivity index is 1.19. The van der Waals surface area contributed by atoms with Gasteiger partial charge in [0.15, 0.2) is 0 Å². The maximum Gasteiger partial charge on any atom is 0.416 e. The molecule has 0 heterocycles. The maximum absolute atomic E-state index is 13.0. The Labute approximate surface area is 300 Å². The monoisotopic (exact) mass is 717 g/mol. The van der Waals surface area contributed by atoms with E-state index in [1.807, 2.05) is 78.9 Å². The van der Waals surface area contributed by atoms with Gasteiger partial charge in [-0.3, -0.25) is 9.59 Å². The minimum Gasteiger partial charge on any atom is -0.480 e. The average molecular weight is 718 g/mol. The van der Waals surface area contributed by atoms with Crippen molar-refractivity contribution in [1.29, 1.82) is 0 Å². The van der Waals surface area contributed by atoms with Crippen molar-refractivity contribution in [3.63, 3.8) is 0 Å². The van der Waals surface area contributed by atoms with Crippen molar-refractivity contribution in [3.05, 3.63) is 143 Å². The number of benzene rings is 4. The van der Waals surface area contributed by atoms with Crippen molar-refractivity contribution in [2.75, 3.05) is 18.4 Å². The van der Waals surface area contributed by atoms with Crippen LogP contribution in [0.15, 0.2) is 109 Å².